The highest BCUT2D eigenvalue weighted by Gasteiger charge is 2.39. The van der Waals surface area contributed by atoms with Gasteiger partial charge in [0.15, 0.2) is 0 Å². The van der Waals surface area contributed by atoms with Gasteiger partial charge in [0.25, 0.3) is 0 Å². The highest BCUT2D eigenvalue weighted by atomic mass is 35.5. The predicted octanol–water partition coefficient (Wildman–Crippen LogP) is 20.2. The molecule has 3 aliphatic heterocycles. The number of aliphatic hydroxyl groups excluding tert-OH is 1. The summed E-state index contributed by atoms with van der Waals surface area (Å²) in [4.78, 5) is 64.6. The van der Waals surface area contributed by atoms with Crippen LogP contribution in [0.25, 0.3) is 0 Å². The molecule has 3 aliphatic rings. The fourth-order valence-electron chi connectivity index (χ4n) is 12.1. The third-order valence-corrected chi connectivity index (χ3v) is 19.0. The van der Waals surface area contributed by atoms with Gasteiger partial charge in [-0.05, 0) is 241 Å². The first-order valence-corrected chi connectivity index (χ1v) is 37.3. The number of carbonyl (C=O) groups is 5. The summed E-state index contributed by atoms with van der Waals surface area (Å²) in [6, 6.07) is 38.6. The number of nitrogens with zero attached hydrogens (tertiary/aromatic N) is 2. The van der Waals surface area contributed by atoms with Gasteiger partial charge in [0.05, 0.1) is 46.1 Å². The summed E-state index contributed by atoms with van der Waals surface area (Å²) in [5, 5.41) is 22.0. The Bertz CT molecular complexity index is 3920. The van der Waals surface area contributed by atoms with Gasteiger partial charge < -0.3 is 58.5 Å². The number of hydrogen-bond donors (Lipinski definition) is 3. The number of esters is 3. The van der Waals surface area contributed by atoms with E-state index in [2.05, 4.69) is 5.32 Å². The number of piperidine rings is 3. The molecule has 0 atom stereocenters. The minimum Gasteiger partial charge on any atom is -0.508 e. The number of aromatic hydroxyl groups is 1. The number of carbonyl (C=O) groups excluding carboxylic acids is 5. The zero-order valence-electron chi connectivity index (χ0n) is 65.9. The molecule has 2 amide bonds. The van der Waals surface area contributed by atoms with E-state index in [1.165, 1.54) is 18.2 Å². The number of amides is 2. The molecule has 0 aliphatic carbocycles. The van der Waals surface area contributed by atoms with Crippen molar-refractivity contribution >= 4 is 42.5 Å². The SMILES string of the molecule is CC(C)(C)OC(=O)N1CCC(c2ccc(C(F)(F)F)cc2O)CC1.CC(C)(C)OC(=O)N1CCC(c2ccc(C(F)(F)F)cc2OCCC(C)(C)C(=O)OCc2ccccc2)CC1.CC(C)(CCO)C(=O)OCc1ccccc1.CC(C)(CCOc1cc(C(F)(F)F)ccc1C1CCNCC1)C(=O)OCc1ccccc1.Cl. The molecule has 0 aromatic heterocycles. The molecule has 27 heteroatoms. The minimum atomic E-state index is -4.52. The van der Waals surface area contributed by atoms with E-state index < -0.39 is 80.8 Å². The molecule has 3 N–H and O–H groups in total. The predicted molar refractivity (Wildman–Crippen MR) is 410 cm³/mol. The number of nitrogens with one attached hydrogen (secondary N) is 1. The fourth-order valence-corrected chi connectivity index (χ4v) is 12.1. The van der Waals surface area contributed by atoms with Gasteiger partial charge in [-0.25, -0.2) is 9.59 Å². The maximum Gasteiger partial charge on any atom is 0.416 e. The second-order valence-electron chi connectivity index (χ2n) is 31.8. The Kier molecular flexibility index (Phi) is 35.1. The van der Waals surface area contributed by atoms with Gasteiger partial charge in [-0.15, -0.1) is 12.4 Å². The van der Waals surface area contributed by atoms with Crippen molar-refractivity contribution in [2.45, 2.75) is 208 Å². The van der Waals surface area contributed by atoms with Gasteiger partial charge in [-0.2, -0.15) is 39.5 Å². The average Bonchev–Trinajstić information content (AvgIpc) is 0.812. The van der Waals surface area contributed by atoms with Crippen LogP contribution in [0.15, 0.2) is 146 Å². The normalized spacial score (nSPS) is 14.9. The van der Waals surface area contributed by atoms with Crippen LogP contribution < -0.4 is 14.8 Å². The molecule has 618 valence electrons. The molecule has 0 saturated carbocycles. The maximum atomic E-state index is 13.5. The zero-order valence-corrected chi connectivity index (χ0v) is 66.8. The number of hydrogen-bond acceptors (Lipinski definition) is 15. The largest absolute Gasteiger partial charge is 0.508 e. The Morgan fingerprint density at radius 1 is 0.411 bits per heavy atom. The number of phenols is 1. The first-order valence-electron chi connectivity index (χ1n) is 37.3. The van der Waals surface area contributed by atoms with Crippen LogP contribution in [0, 0.1) is 16.2 Å². The van der Waals surface area contributed by atoms with Crippen molar-refractivity contribution in [3.05, 3.63) is 196 Å². The highest BCUT2D eigenvalue weighted by molar-refractivity contribution is 5.85. The lowest BCUT2D eigenvalue weighted by molar-refractivity contribution is -0.156. The van der Waals surface area contributed by atoms with E-state index in [0.29, 0.717) is 75.8 Å². The van der Waals surface area contributed by atoms with Crippen LogP contribution in [0.3, 0.4) is 0 Å². The van der Waals surface area contributed by atoms with Gasteiger partial charge in [0.2, 0.25) is 0 Å². The lowest BCUT2D eigenvalue weighted by Gasteiger charge is -2.34. The van der Waals surface area contributed by atoms with E-state index in [4.69, 9.17) is 38.3 Å². The number of phenolic OH excluding ortho intramolecular Hbond substituents is 1. The molecule has 6 aromatic rings. The molecule has 3 heterocycles. The van der Waals surface area contributed by atoms with Gasteiger partial charge in [-0.3, -0.25) is 14.4 Å². The molecule has 0 spiro atoms. The summed E-state index contributed by atoms with van der Waals surface area (Å²) in [6.07, 6.45) is -9.26. The summed E-state index contributed by atoms with van der Waals surface area (Å²) in [5.74, 6) is -1.01. The number of rotatable bonds is 22. The number of likely N-dealkylation sites (tertiary alicyclic amines) is 2. The van der Waals surface area contributed by atoms with Crippen molar-refractivity contribution in [1.82, 2.24) is 15.1 Å². The highest BCUT2D eigenvalue weighted by Crippen LogP contribution is 2.43. The molecular weight excluding hydrogens is 1490 g/mol. The second kappa shape index (κ2) is 41.9. The van der Waals surface area contributed by atoms with Crippen LogP contribution in [-0.4, -0.2) is 120 Å². The topological polar surface area (TPSA) is 209 Å². The molecule has 3 fully saturated rings. The van der Waals surface area contributed by atoms with E-state index in [1.54, 1.807) is 92.9 Å². The van der Waals surface area contributed by atoms with Crippen molar-refractivity contribution in [3.63, 3.8) is 0 Å². The van der Waals surface area contributed by atoms with Crippen molar-refractivity contribution in [1.29, 1.82) is 0 Å². The smallest absolute Gasteiger partial charge is 0.416 e. The molecular formula is C85H109ClF9N3O14. The first kappa shape index (κ1) is 93.8. The van der Waals surface area contributed by atoms with E-state index in [0.717, 1.165) is 84.6 Å². The molecule has 0 unspecified atom stereocenters. The third kappa shape index (κ3) is 31.0. The molecule has 112 heavy (non-hydrogen) atoms. The molecule has 0 radical (unpaired) electrons. The van der Waals surface area contributed by atoms with Crippen molar-refractivity contribution < 1.29 is 107 Å². The summed E-state index contributed by atoms with van der Waals surface area (Å²) in [6.45, 7) is 25.4. The lowest BCUT2D eigenvalue weighted by atomic mass is 9.88. The minimum absolute atomic E-state index is 0. The number of benzene rings is 6. The van der Waals surface area contributed by atoms with E-state index >= 15 is 0 Å². The Hall–Kier alpha value is -8.75. The molecule has 6 aromatic carbocycles. The van der Waals surface area contributed by atoms with Crippen molar-refractivity contribution in [2.75, 3.05) is 59.1 Å². The number of aliphatic hydroxyl groups is 1. The van der Waals surface area contributed by atoms with E-state index in [1.807, 2.05) is 91.0 Å². The van der Waals surface area contributed by atoms with Crippen molar-refractivity contribution in [3.8, 4) is 17.2 Å². The van der Waals surface area contributed by atoms with Crippen LogP contribution in [-0.2, 0) is 76.4 Å². The van der Waals surface area contributed by atoms with Crippen LogP contribution in [0.2, 0.25) is 0 Å². The summed E-state index contributed by atoms with van der Waals surface area (Å²) in [5.41, 5.74) is -1.24. The lowest BCUT2D eigenvalue weighted by Crippen LogP contribution is -2.41. The fraction of sp³-hybridized carbons (Fsp3) is 0.518. The number of ether oxygens (including phenoxy) is 7. The second-order valence-corrected chi connectivity index (χ2v) is 31.8. The number of alkyl halides is 9. The zero-order chi connectivity index (χ0) is 82.2. The molecule has 9 rings (SSSR count). The Labute approximate surface area is 658 Å². The molecule has 17 nitrogen and oxygen atoms in total. The Morgan fingerprint density at radius 2 is 0.705 bits per heavy atom. The maximum absolute atomic E-state index is 13.5. The van der Waals surface area contributed by atoms with Crippen LogP contribution in [0.5, 0.6) is 17.2 Å². The summed E-state index contributed by atoms with van der Waals surface area (Å²) in [7, 11) is 0. The van der Waals surface area contributed by atoms with E-state index in [-0.39, 0.29) is 105 Å². The van der Waals surface area contributed by atoms with Gasteiger partial charge in [0, 0.05) is 32.8 Å². The Morgan fingerprint density at radius 3 is 1.01 bits per heavy atom. The third-order valence-electron chi connectivity index (χ3n) is 19.0. The van der Waals surface area contributed by atoms with E-state index in [9.17, 15) is 68.6 Å². The van der Waals surface area contributed by atoms with Gasteiger partial charge in [0.1, 0.15) is 48.3 Å². The Balaban J connectivity index is 0.000000278. The van der Waals surface area contributed by atoms with Crippen LogP contribution >= 0.6 is 12.4 Å². The monoisotopic (exact) mass is 1600 g/mol. The number of halogens is 10. The van der Waals surface area contributed by atoms with Crippen LogP contribution in [0.1, 0.15) is 209 Å². The van der Waals surface area contributed by atoms with Crippen LogP contribution in [0.4, 0.5) is 49.1 Å². The van der Waals surface area contributed by atoms with Gasteiger partial charge >= 0.3 is 48.6 Å². The summed E-state index contributed by atoms with van der Waals surface area (Å²) < 4.78 is 157. The molecule has 0 bridgehead atoms. The molecule has 3 saturated heterocycles. The first-order chi connectivity index (χ1) is 51.9. The van der Waals surface area contributed by atoms with Gasteiger partial charge in [-0.1, -0.05) is 109 Å². The average molecular weight is 1600 g/mol. The summed E-state index contributed by atoms with van der Waals surface area (Å²) >= 11 is 0. The quantitative estimate of drug-likeness (QED) is 0.0328. The standard InChI is InChI=1S/C30H38F3NO5.C25H30F3NO3.C17H22F3NO3.C13H18O3.ClH/c1-28(2,3)39-27(36)34-16-13-22(14-17-34)24-12-11-23(30(31,32)33)19-25(24)37-18-15-29(4,5)26(35)38-20-21-9-7-6-8-10-21;1-24(2,23(30)32-17-18-6-4-3-5-7-18)12-15-31-22-16-20(25(26,27)28)8-9-21(22)19-10-13-29-14-11-19;1-16(2,3)24-15(23)21-8-6-11(7-9-21)13-5-4-12(10-14(13)22)17(18,19)20;1-13(2,8-9-14)12(15)16-10-11-6-4-3-5-7-11;/h6-12,19,22H,13-18,20H2,1-5H3;3-9,16,19,29H,10-15,17H2,1-2H3;4-5,10-11,22H,6-9H2,1-3H3;3-7,14H,8-10H2,1-2H3;1H. The van der Waals surface area contributed by atoms with Crippen molar-refractivity contribution in [2.24, 2.45) is 16.2 Å².